The zero-order chi connectivity index (χ0) is 15.9. The maximum absolute atomic E-state index is 9.52. The van der Waals surface area contributed by atoms with Gasteiger partial charge >= 0.3 is 0 Å². The van der Waals surface area contributed by atoms with E-state index < -0.39 is 0 Å². The Morgan fingerprint density at radius 1 is 1.22 bits per heavy atom. The quantitative estimate of drug-likeness (QED) is 0.730. The molecule has 0 atom stereocenters. The van der Waals surface area contributed by atoms with Crippen molar-refractivity contribution in [1.29, 1.82) is 0 Å². The van der Waals surface area contributed by atoms with E-state index in [1.165, 1.54) is 17.0 Å². The molecule has 23 heavy (non-hydrogen) atoms. The van der Waals surface area contributed by atoms with Gasteiger partial charge in [-0.05, 0) is 55.9 Å². The standard InChI is InChI=1S/C18H27N3OS/c22-17-6-11-20(12-7-17)9-3-8-19-14-16-4-1-10-21(16)15-18-5-2-13-23-18/h1-2,4-5,10,13,17,19,22H,3,6-9,11-12,14-15H2. The van der Waals surface area contributed by atoms with Crippen LogP contribution < -0.4 is 5.32 Å². The maximum Gasteiger partial charge on any atom is 0.0566 e. The Kier molecular flexibility index (Phi) is 6.28. The van der Waals surface area contributed by atoms with Crippen LogP contribution in [0.25, 0.3) is 0 Å². The lowest BCUT2D eigenvalue weighted by molar-refractivity contribution is 0.0821. The number of nitrogens with zero attached hydrogens (tertiary/aromatic N) is 2. The Morgan fingerprint density at radius 3 is 2.87 bits per heavy atom. The molecule has 0 radical (unpaired) electrons. The van der Waals surface area contributed by atoms with Gasteiger partial charge < -0.3 is 19.9 Å². The summed E-state index contributed by atoms with van der Waals surface area (Å²) in [5.41, 5.74) is 1.35. The van der Waals surface area contributed by atoms with Crippen molar-refractivity contribution in [2.45, 2.75) is 38.5 Å². The first kappa shape index (κ1) is 16.7. The third-order valence-electron chi connectivity index (χ3n) is 4.52. The van der Waals surface area contributed by atoms with E-state index in [9.17, 15) is 5.11 Å². The highest BCUT2D eigenvalue weighted by atomic mass is 32.1. The molecule has 2 aromatic heterocycles. The number of hydrogen-bond acceptors (Lipinski definition) is 4. The Balaban J connectivity index is 1.34. The maximum atomic E-state index is 9.52. The van der Waals surface area contributed by atoms with Crippen LogP contribution in [0.5, 0.6) is 0 Å². The van der Waals surface area contributed by atoms with Gasteiger partial charge in [0.2, 0.25) is 0 Å². The van der Waals surface area contributed by atoms with E-state index in [1.54, 1.807) is 0 Å². The Hall–Kier alpha value is -1.14. The van der Waals surface area contributed by atoms with Crippen molar-refractivity contribution in [2.24, 2.45) is 0 Å². The van der Waals surface area contributed by atoms with Gasteiger partial charge in [-0.25, -0.2) is 0 Å². The third kappa shape index (κ3) is 5.18. The summed E-state index contributed by atoms with van der Waals surface area (Å²) in [5.74, 6) is 0. The van der Waals surface area contributed by atoms with Crippen LogP contribution in [0.1, 0.15) is 29.8 Å². The lowest BCUT2D eigenvalue weighted by Gasteiger charge is -2.29. The number of thiophene rings is 1. The minimum atomic E-state index is -0.0690. The van der Waals surface area contributed by atoms with E-state index in [0.29, 0.717) is 0 Å². The first-order chi connectivity index (χ1) is 11.3. The molecule has 0 spiro atoms. The van der Waals surface area contributed by atoms with Gasteiger partial charge in [-0.1, -0.05) is 6.07 Å². The topological polar surface area (TPSA) is 40.4 Å². The van der Waals surface area contributed by atoms with Crippen LogP contribution in [0.2, 0.25) is 0 Å². The van der Waals surface area contributed by atoms with Crippen molar-refractivity contribution in [3.8, 4) is 0 Å². The van der Waals surface area contributed by atoms with E-state index in [-0.39, 0.29) is 6.10 Å². The van der Waals surface area contributed by atoms with Crippen LogP contribution in [-0.4, -0.2) is 46.9 Å². The smallest absolute Gasteiger partial charge is 0.0566 e. The minimum Gasteiger partial charge on any atom is -0.393 e. The summed E-state index contributed by atoms with van der Waals surface area (Å²) < 4.78 is 2.32. The molecule has 0 amide bonds. The average Bonchev–Trinajstić information content (AvgIpc) is 3.22. The van der Waals surface area contributed by atoms with Crippen LogP contribution in [0.3, 0.4) is 0 Å². The lowest BCUT2D eigenvalue weighted by atomic mass is 10.1. The first-order valence-corrected chi connectivity index (χ1v) is 9.47. The molecule has 1 aliphatic heterocycles. The molecule has 2 aromatic rings. The van der Waals surface area contributed by atoms with Crippen molar-refractivity contribution in [1.82, 2.24) is 14.8 Å². The summed E-state index contributed by atoms with van der Waals surface area (Å²) in [7, 11) is 0. The van der Waals surface area contributed by atoms with Crippen LogP contribution in [0, 0.1) is 0 Å². The molecular weight excluding hydrogens is 306 g/mol. The largest absolute Gasteiger partial charge is 0.393 e. The number of aliphatic hydroxyl groups is 1. The van der Waals surface area contributed by atoms with Crippen molar-refractivity contribution in [3.05, 3.63) is 46.4 Å². The Bertz CT molecular complexity index is 559. The molecule has 1 aliphatic rings. The molecule has 1 fully saturated rings. The van der Waals surface area contributed by atoms with Gasteiger partial charge in [-0.2, -0.15) is 0 Å². The van der Waals surface area contributed by atoms with Gasteiger partial charge in [0.25, 0.3) is 0 Å². The number of likely N-dealkylation sites (tertiary alicyclic amines) is 1. The molecule has 3 heterocycles. The predicted octanol–water partition coefficient (Wildman–Crippen LogP) is 2.53. The van der Waals surface area contributed by atoms with Gasteiger partial charge in [-0.3, -0.25) is 0 Å². The van der Waals surface area contributed by atoms with E-state index in [0.717, 1.165) is 52.1 Å². The van der Waals surface area contributed by atoms with E-state index in [4.69, 9.17) is 0 Å². The molecule has 0 unspecified atom stereocenters. The number of piperidine rings is 1. The zero-order valence-corrected chi connectivity index (χ0v) is 14.5. The van der Waals surface area contributed by atoms with E-state index in [1.807, 2.05) is 11.3 Å². The summed E-state index contributed by atoms with van der Waals surface area (Å²) >= 11 is 1.81. The number of aliphatic hydroxyl groups excluding tert-OH is 1. The fourth-order valence-corrected chi connectivity index (χ4v) is 3.82. The third-order valence-corrected chi connectivity index (χ3v) is 5.38. The van der Waals surface area contributed by atoms with Gasteiger partial charge in [0.15, 0.2) is 0 Å². The summed E-state index contributed by atoms with van der Waals surface area (Å²) in [5, 5.41) is 15.2. The highest BCUT2D eigenvalue weighted by Crippen LogP contribution is 2.13. The second-order valence-electron chi connectivity index (χ2n) is 6.31. The molecule has 1 saturated heterocycles. The number of aromatic nitrogens is 1. The lowest BCUT2D eigenvalue weighted by Crippen LogP contribution is -2.37. The normalized spacial score (nSPS) is 16.9. The summed E-state index contributed by atoms with van der Waals surface area (Å²) in [6.07, 6.45) is 5.13. The van der Waals surface area contributed by atoms with Gasteiger partial charge in [-0.15, -0.1) is 11.3 Å². The fourth-order valence-electron chi connectivity index (χ4n) is 3.12. The highest BCUT2D eigenvalue weighted by Gasteiger charge is 2.15. The summed E-state index contributed by atoms with van der Waals surface area (Å²) in [6, 6.07) is 8.63. The molecule has 5 heteroatoms. The summed E-state index contributed by atoms with van der Waals surface area (Å²) in [4.78, 5) is 3.86. The number of nitrogens with one attached hydrogen (secondary N) is 1. The van der Waals surface area contributed by atoms with Crippen molar-refractivity contribution in [2.75, 3.05) is 26.2 Å². The molecule has 3 rings (SSSR count). The second-order valence-corrected chi connectivity index (χ2v) is 7.34. The molecule has 2 N–H and O–H groups in total. The van der Waals surface area contributed by atoms with Crippen molar-refractivity contribution < 1.29 is 5.11 Å². The number of rotatable bonds is 8. The number of hydrogen-bond donors (Lipinski definition) is 2. The summed E-state index contributed by atoms with van der Waals surface area (Å²) in [6.45, 7) is 6.17. The molecule has 126 valence electrons. The van der Waals surface area contributed by atoms with Gasteiger partial charge in [0, 0.05) is 36.4 Å². The zero-order valence-electron chi connectivity index (χ0n) is 13.7. The Morgan fingerprint density at radius 2 is 2.09 bits per heavy atom. The highest BCUT2D eigenvalue weighted by molar-refractivity contribution is 7.09. The molecule has 4 nitrogen and oxygen atoms in total. The molecule has 0 aliphatic carbocycles. The van der Waals surface area contributed by atoms with Gasteiger partial charge in [0.05, 0.1) is 12.6 Å². The molecule has 0 aromatic carbocycles. The van der Waals surface area contributed by atoms with Crippen molar-refractivity contribution >= 4 is 11.3 Å². The Labute approximate surface area is 142 Å². The SMILES string of the molecule is OC1CCN(CCCNCc2cccn2Cc2cccs2)CC1. The molecule has 0 bridgehead atoms. The van der Waals surface area contributed by atoms with Gasteiger partial charge in [0.1, 0.15) is 0 Å². The van der Waals surface area contributed by atoms with Crippen molar-refractivity contribution in [3.63, 3.8) is 0 Å². The van der Waals surface area contributed by atoms with Crippen LogP contribution in [-0.2, 0) is 13.1 Å². The predicted molar refractivity (Wildman–Crippen MR) is 95.9 cm³/mol. The van der Waals surface area contributed by atoms with Crippen LogP contribution >= 0.6 is 11.3 Å². The average molecular weight is 334 g/mol. The van der Waals surface area contributed by atoms with Crippen LogP contribution in [0.15, 0.2) is 35.8 Å². The first-order valence-electron chi connectivity index (χ1n) is 8.59. The minimum absolute atomic E-state index is 0.0690. The van der Waals surface area contributed by atoms with E-state index in [2.05, 4.69) is 50.6 Å². The molecular formula is C18H27N3OS. The second kappa shape index (κ2) is 8.64. The fraction of sp³-hybridized carbons (Fsp3) is 0.556. The molecule has 0 saturated carbocycles. The van der Waals surface area contributed by atoms with Crippen LogP contribution in [0.4, 0.5) is 0 Å². The monoisotopic (exact) mass is 333 g/mol. The van der Waals surface area contributed by atoms with E-state index >= 15 is 0 Å².